The van der Waals surface area contributed by atoms with Crippen LogP contribution < -0.4 is 4.74 Å². The number of hydrogen-bond donors (Lipinski definition) is 0. The van der Waals surface area contributed by atoms with Crippen LogP contribution in [0.4, 0.5) is 0 Å². The molecule has 0 bridgehead atoms. The number of fused-ring (bicyclic) bond motifs is 2. The van der Waals surface area contributed by atoms with Crippen LogP contribution in [-0.2, 0) is 18.3 Å². The molecule has 152 valence electrons. The number of unbranched alkanes of at least 4 members (excludes halogenated alkanes) is 5. The number of rotatable bonds is 10. The third-order valence-electron chi connectivity index (χ3n) is 6.07. The molecule has 2 aromatic rings. The number of halogens is 1. The highest BCUT2D eigenvalue weighted by molar-refractivity contribution is 9.09. The number of aryl methyl sites for hydroxylation is 2. The first-order chi connectivity index (χ1) is 13.6. The van der Waals surface area contributed by atoms with Crippen molar-refractivity contribution in [3.8, 4) is 11.5 Å². The molecule has 0 spiro atoms. The first-order valence-electron chi connectivity index (χ1n) is 11.1. The first kappa shape index (κ1) is 21.4. The molecule has 0 radical (unpaired) electrons. The summed E-state index contributed by atoms with van der Waals surface area (Å²) < 4.78 is 6.30. The van der Waals surface area contributed by atoms with Crippen LogP contribution in [0.3, 0.4) is 0 Å². The summed E-state index contributed by atoms with van der Waals surface area (Å²) in [6, 6.07) is 13.6. The highest BCUT2D eigenvalue weighted by Crippen LogP contribution is 2.48. The average molecular weight is 443 g/mol. The minimum absolute atomic E-state index is 0.0196. The molecule has 0 aromatic heterocycles. The van der Waals surface area contributed by atoms with Crippen LogP contribution in [0.2, 0.25) is 0 Å². The smallest absolute Gasteiger partial charge is 0.131 e. The quantitative estimate of drug-likeness (QED) is 0.265. The summed E-state index contributed by atoms with van der Waals surface area (Å²) in [5.74, 6) is 2.05. The maximum absolute atomic E-state index is 6.30. The van der Waals surface area contributed by atoms with E-state index >= 15 is 0 Å². The molecule has 0 atom stereocenters. The second-order valence-electron chi connectivity index (χ2n) is 8.70. The number of alkyl halides is 1. The van der Waals surface area contributed by atoms with Crippen molar-refractivity contribution in [1.29, 1.82) is 0 Å². The fourth-order valence-electron chi connectivity index (χ4n) is 4.24. The molecule has 1 nitrogen and oxygen atoms in total. The normalized spacial score (nSPS) is 14.3. The van der Waals surface area contributed by atoms with E-state index in [-0.39, 0.29) is 5.41 Å². The Kier molecular flexibility index (Phi) is 7.62. The predicted octanol–water partition coefficient (Wildman–Crippen LogP) is 8.35. The third-order valence-corrected chi connectivity index (χ3v) is 6.63. The Labute approximate surface area is 180 Å². The van der Waals surface area contributed by atoms with Gasteiger partial charge in [-0.2, -0.15) is 0 Å². The average Bonchev–Trinajstić information content (AvgIpc) is 2.69. The molecule has 0 amide bonds. The topological polar surface area (TPSA) is 9.23 Å². The molecule has 1 aliphatic heterocycles. The standard InChI is InChI=1S/C26H35BrO/c1-4-5-6-8-11-20-13-15-24-22(18-20)26(2,3)23-19-21(12-9-7-10-17-27)14-16-25(23)28-24/h13-16,18-19H,4-12,17H2,1-3H3. The van der Waals surface area contributed by atoms with Crippen LogP contribution in [0.1, 0.15) is 88.0 Å². The fourth-order valence-corrected chi connectivity index (χ4v) is 4.64. The summed E-state index contributed by atoms with van der Waals surface area (Å²) >= 11 is 3.53. The van der Waals surface area contributed by atoms with Crippen molar-refractivity contribution >= 4 is 15.9 Å². The van der Waals surface area contributed by atoms with E-state index in [1.165, 1.54) is 73.6 Å². The van der Waals surface area contributed by atoms with Crippen LogP contribution in [0.25, 0.3) is 0 Å². The minimum atomic E-state index is -0.0196. The van der Waals surface area contributed by atoms with Crippen molar-refractivity contribution in [2.24, 2.45) is 0 Å². The predicted molar refractivity (Wildman–Crippen MR) is 124 cm³/mol. The molecule has 1 aliphatic rings. The number of benzene rings is 2. The molecular formula is C26H35BrO. The number of ether oxygens (including phenoxy) is 1. The number of hydrogen-bond acceptors (Lipinski definition) is 1. The Morgan fingerprint density at radius 1 is 0.750 bits per heavy atom. The van der Waals surface area contributed by atoms with E-state index in [4.69, 9.17) is 4.74 Å². The molecule has 0 fully saturated rings. The largest absolute Gasteiger partial charge is 0.457 e. The molecule has 2 heteroatoms. The van der Waals surface area contributed by atoms with Gasteiger partial charge in [-0.3, -0.25) is 0 Å². The SMILES string of the molecule is CCCCCCc1ccc2c(c1)C(C)(C)c1cc(CCCCCBr)ccc1O2. The summed E-state index contributed by atoms with van der Waals surface area (Å²) in [7, 11) is 0. The van der Waals surface area contributed by atoms with Gasteiger partial charge in [0.15, 0.2) is 0 Å². The minimum Gasteiger partial charge on any atom is -0.457 e. The second-order valence-corrected chi connectivity index (χ2v) is 9.49. The van der Waals surface area contributed by atoms with Crippen molar-refractivity contribution in [1.82, 2.24) is 0 Å². The van der Waals surface area contributed by atoms with Gasteiger partial charge >= 0.3 is 0 Å². The van der Waals surface area contributed by atoms with Crippen molar-refractivity contribution in [3.63, 3.8) is 0 Å². The maximum Gasteiger partial charge on any atom is 0.131 e. The van der Waals surface area contributed by atoms with Crippen molar-refractivity contribution in [2.75, 3.05) is 5.33 Å². The lowest BCUT2D eigenvalue weighted by Crippen LogP contribution is -2.24. The van der Waals surface area contributed by atoms with Crippen LogP contribution in [-0.4, -0.2) is 5.33 Å². The molecule has 0 N–H and O–H groups in total. The molecule has 2 aromatic carbocycles. The Balaban J connectivity index is 1.78. The second kappa shape index (κ2) is 9.96. The Morgan fingerprint density at radius 2 is 1.29 bits per heavy atom. The Bertz CT molecular complexity index is 714. The highest BCUT2D eigenvalue weighted by Gasteiger charge is 2.34. The summed E-state index contributed by atoms with van der Waals surface area (Å²) in [6.45, 7) is 6.97. The van der Waals surface area contributed by atoms with Gasteiger partial charge in [-0.05, 0) is 55.4 Å². The van der Waals surface area contributed by atoms with E-state index in [1.807, 2.05) is 0 Å². The van der Waals surface area contributed by atoms with Gasteiger partial charge in [0.05, 0.1) is 0 Å². The van der Waals surface area contributed by atoms with Crippen LogP contribution in [0.15, 0.2) is 36.4 Å². The van der Waals surface area contributed by atoms with Crippen LogP contribution >= 0.6 is 15.9 Å². The fraction of sp³-hybridized carbons (Fsp3) is 0.538. The monoisotopic (exact) mass is 442 g/mol. The summed E-state index contributed by atoms with van der Waals surface area (Å²) in [6.07, 6.45) is 11.4. The van der Waals surface area contributed by atoms with E-state index in [0.29, 0.717) is 0 Å². The molecule has 1 heterocycles. The zero-order valence-electron chi connectivity index (χ0n) is 17.8. The van der Waals surface area contributed by atoms with E-state index in [1.54, 1.807) is 0 Å². The Morgan fingerprint density at radius 3 is 1.79 bits per heavy atom. The lowest BCUT2D eigenvalue weighted by atomic mass is 9.74. The molecule has 0 saturated carbocycles. The molecule has 0 unspecified atom stereocenters. The molecule has 0 aliphatic carbocycles. The van der Waals surface area contributed by atoms with Crippen molar-refractivity contribution < 1.29 is 4.74 Å². The van der Waals surface area contributed by atoms with Crippen LogP contribution in [0.5, 0.6) is 11.5 Å². The van der Waals surface area contributed by atoms with Gasteiger partial charge in [0, 0.05) is 21.9 Å². The van der Waals surface area contributed by atoms with Crippen molar-refractivity contribution in [3.05, 3.63) is 58.7 Å². The summed E-state index contributed by atoms with van der Waals surface area (Å²) in [5.41, 5.74) is 5.53. The van der Waals surface area contributed by atoms with Gasteiger partial charge in [0.2, 0.25) is 0 Å². The summed E-state index contributed by atoms with van der Waals surface area (Å²) in [4.78, 5) is 0. The first-order valence-corrected chi connectivity index (χ1v) is 12.2. The maximum atomic E-state index is 6.30. The van der Waals surface area contributed by atoms with E-state index in [9.17, 15) is 0 Å². The Hall–Kier alpha value is -1.28. The van der Waals surface area contributed by atoms with Gasteiger partial charge in [0.25, 0.3) is 0 Å². The van der Waals surface area contributed by atoms with E-state index in [0.717, 1.165) is 23.2 Å². The molecule has 28 heavy (non-hydrogen) atoms. The van der Waals surface area contributed by atoms with Crippen LogP contribution in [0, 0.1) is 0 Å². The highest BCUT2D eigenvalue weighted by atomic mass is 79.9. The van der Waals surface area contributed by atoms with Gasteiger partial charge in [-0.1, -0.05) is 86.6 Å². The molecule has 3 rings (SSSR count). The zero-order chi connectivity index (χ0) is 20.0. The zero-order valence-corrected chi connectivity index (χ0v) is 19.4. The van der Waals surface area contributed by atoms with Crippen molar-refractivity contribution in [2.45, 2.75) is 84.0 Å². The van der Waals surface area contributed by atoms with Gasteiger partial charge in [0.1, 0.15) is 11.5 Å². The van der Waals surface area contributed by atoms with Gasteiger partial charge in [-0.25, -0.2) is 0 Å². The van der Waals surface area contributed by atoms with Gasteiger partial charge < -0.3 is 4.74 Å². The van der Waals surface area contributed by atoms with E-state index < -0.39 is 0 Å². The van der Waals surface area contributed by atoms with Gasteiger partial charge in [-0.15, -0.1) is 0 Å². The lowest BCUT2D eigenvalue weighted by molar-refractivity contribution is 0.417. The van der Waals surface area contributed by atoms with E-state index in [2.05, 4.69) is 73.1 Å². The third kappa shape index (κ3) is 5.00. The molecule has 0 saturated heterocycles. The lowest BCUT2D eigenvalue weighted by Gasteiger charge is -2.35. The summed E-state index contributed by atoms with van der Waals surface area (Å²) in [5, 5.41) is 1.11. The molecular weight excluding hydrogens is 408 g/mol.